The quantitative estimate of drug-likeness (QED) is 0.652. The summed E-state index contributed by atoms with van der Waals surface area (Å²) in [4.78, 5) is 18.6. The van der Waals surface area contributed by atoms with Gasteiger partial charge < -0.3 is 0 Å². The Balaban J connectivity index is 1.20. The van der Waals surface area contributed by atoms with Gasteiger partial charge in [-0.25, -0.2) is 4.68 Å². The summed E-state index contributed by atoms with van der Waals surface area (Å²) in [5, 5.41) is 15.5. The molecule has 7 nitrogen and oxygen atoms in total. The number of hydrogen-bond donors (Lipinski definition) is 0. The van der Waals surface area contributed by atoms with Gasteiger partial charge >= 0.3 is 0 Å². The van der Waals surface area contributed by atoms with Crippen LogP contribution in [-0.2, 0) is 13.1 Å². The molecule has 1 aliphatic heterocycles. The van der Waals surface area contributed by atoms with Gasteiger partial charge in [-0.3, -0.25) is 14.7 Å². The van der Waals surface area contributed by atoms with Gasteiger partial charge in [-0.05, 0) is 31.0 Å². The Bertz CT molecular complexity index is 991. The zero-order valence-corrected chi connectivity index (χ0v) is 15.7. The Kier molecular flexibility index (Phi) is 4.29. The SMILES string of the molecule is O=c1ccc(-c2ccncc2)nn1CC1CN(Cc2nnc(C3CC3)s2)C1. The molecule has 0 radical (unpaired) electrons. The Morgan fingerprint density at radius 3 is 2.67 bits per heavy atom. The predicted octanol–water partition coefficient (Wildman–Crippen LogP) is 2.17. The fourth-order valence-electron chi connectivity index (χ4n) is 3.44. The molecule has 138 valence electrons. The molecule has 1 saturated heterocycles. The molecule has 8 heteroatoms. The maximum atomic E-state index is 12.2. The maximum absolute atomic E-state index is 12.2. The number of pyridine rings is 1. The zero-order chi connectivity index (χ0) is 18.2. The van der Waals surface area contributed by atoms with E-state index in [1.165, 1.54) is 17.8 Å². The van der Waals surface area contributed by atoms with E-state index in [2.05, 4.69) is 25.2 Å². The zero-order valence-electron chi connectivity index (χ0n) is 14.9. The second-order valence-corrected chi connectivity index (χ2v) is 8.44. The monoisotopic (exact) mass is 380 g/mol. The van der Waals surface area contributed by atoms with E-state index in [9.17, 15) is 4.79 Å². The molecular weight excluding hydrogens is 360 g/mol. The van der Waals surface area contributed by atoms with Crippen LogP contribution in [-0.4, -0.2) is 43.0 Å². The van der Waals surface area contributed by atoms with Crippen molar-refractivity contribution in [1.29, 1.82) is 0 Å². The van der Waals surface area contributed by atoms with E-state index in [1.54, 1.807) is 40.5 Å². The number of rotatable bonds is 6. The maximum Gasteiger partial charge on any atom is 0.266 e. The minimum absolute atomic E-state index is 0.0514. The molecule has 2 aliphatic rings. The van der Waals surface area contributed by atoms with Crippen molar-refractivity contribution < 1.29 is 0 Å². The van der Waals surface area contributed by atoms with Crippen LogP contribution in [0.4, 0.5) is 0 Å². The third-order valence-electron chi connectivity index (χ3n) is 5.07. The lowest BCUT2D eigenvalue weighted by molar-refractivity contribution is 0.0764. The summed E-state index contributed by atoms with van der Waals surface area (Å²) in [7, 11) is 0. The largest absolute Gasteiger partial charge is 0.296 e. The molecule has 0 bridgehead atoms. The first-order chi connectivity index (χ1) is 13.2. The molecule has 27 heavy (non-hydrogen) atoms. The van der Waals surface area contributed by atoms with Crippen molar-refractivity contribution in [3.05, 3.63) is 57.0 Å². The number of hydrogen-bond acceptors (Lipinski definition) is 7. The molecule has 3 aromatic heterocycles. The van der Waals surface area contributed by atoms with Gasteiger partial charge in [0.1, 0.15) is 10.0 Å². The Hall–Kier alpha value is -2.45. The van der Waals surface area contributed by atoms with Crippen LogP contribution in [0.1, 0.15) is 28.8 Å². The highest BCUT2D eigenvalue weighted by molar-refractivity contribution is 7.11. The van der Waals surface area contributed by atoms with Crippen LogP contribution in [0.15, 0.2) is 41.5 Å². The summed E-state index contributed by atoms with van der Waals surface area (Å²) in [6.45, 7) is 3.44. The minimum atomic E-state index is -0.0514. The van der Waals surface area contributed by atoms with Gasteiger partial charge in [-0.2, -0.15) is 5.10 Å². The van der Waals surface area contributed by atoms with Gasteiger partial charge in [0.25, 0.3) is 5.56 Å². The third-order valence-corrected chi connectivity index (χ3v) is 6.15. The second kappa shape index (κ2) is 6.94. The molecule has 0 N–H and O–H groups in total. The summed E-state index contributed by atoms with van der Waals surface area (Å²) in [5.74, 6) is 1.12. The molecule has 5 rings (SSSR count). The topological polar surface area (TPSA) is 76.8 Å². The minimum Gasteiger partial charge on any atom is -0.296 e. The van der Waals surface area contributed by atoms with E-state index in [0.717, 1.165) is 35.9 Å². The average molecular weight is 380 g/mol. The van der Waals surface area contributed by atoms with E-state index >= 15 is 0 Å². The molecule has 0 amide bonds. The molecule has 1 aliphatic carbocycles. The number of nitrogens with zero attached hydrogens (tertiary/aromatic N) is 6. The third kappa shape index (κ3) is 3.68. The lowest BCUT2D eigenvalue weighted by Gasteiger charge is -2.38. The lowest BCUT2D eigenvalue weighted by atomic mass is 10.0. The second-order valence-electron chi connectivity index (χ2n) is 7.34. The molecule has 0 unspecified atom stereocenters. The van der Waals surface area contributed by atoms with Gasteiger partial charge in [0.15, 0.2) is 0 Å². The van der Waals surface area contributed by atoms with Crippen LogP contribution < -0.4 is 5.56 Å². The van der Waals surface area contributed by atoms with Crippen LogP contribution in [0.25, 0.3) is 11.3 Å². The molecule has 4 heterocycles. The van der Waals surface area contributed by atoms with Crippen molar-refractivity contribution in [2.75, 3.05) is 13.1 Å². The summed E-state index contributed by atoms with van der Waals surface area (Å²) < 4.78 is 1.59. The predicted molar refractivity (Wildman–Crippen MR) is 102 cm³/mol. The van der Waals surface area contributed by atoms with Crippen LogP contribution in [0.3, 0.4) is 0 Å². The van der Waals surface area contributed by atoms with Crippen molar-refractivity contribution in [2.45, 2.75) is 31.8 Å². The molecular formula is C19H20N6OS. The summed E-state index contributed by atoms with van der Waals surface area (Å²) >= 11 is 1.75. The Morgan fingerprint density at radius 2 is 1.89 bits per heavy atom. The van der Waals surface area contributed by atoms with E-state index in [0.29, 0.717) is 18.4 Å². The van der Waals surface area contributed by atoms with E-state index < -0.39 is 0 Å². The van der Waals surface area contributed by atoms with Crippen molar-refractivity contribution in [3.8, 4) is 11.3 Å². The molecule has 0 aromatic carbocycles. The van der Waals surface area contributed by atoms with Crippen LogP contribution in [0.5, 0.6) is 0 Å². The Morgan fingerprint density at radius 1 is 1.07 bits per heavy atom. The number of likely N-dealkylation sites (tertiary alicyclic amines) is 1. The average Bonchev–Trinajstić information content (AvgIpc) is 3.41. The van der Waals surface area contributed by atoms with Crippen molar-refractivity contribution in [2.24, 2.45) is 5.92 Å². The fourth-order valence-corrected chi connectivity index (χ4v) is 4.49. The van der Waals surface area contributed by atoms with Gasteiger partial charge in [0.2, 0.25) is 0 Å². The molecule has 2 fully saturated rings. The van der Waals surface area contributed by atoms with Gasteiger partial charge in [0, 0.05) is 48.9 Å². The molecule has 1 saturated carbocycles. The van der Waals surface area contributed by atoms with Gasteiger partial charge in [-0.15, -0.1) is 10.2 Å². The smallest absolute Gasteiger partial charge is 0.266 e. The highest BCUT2D eigenvalue weighted by Crippen LogP contribution is 2.41. The Labute approximate surface area is 160 Å². The lowest BCUT2D eigenvalue weighted by Crippen LogP contribution is -2.48. The standard InChI is InChI=1S/C19H20N6OS/c26-18-4-3-16(14-5-7-20-8-6-14)23-25(18)11-13-9-24(10-13)12-17-21-22-19(27-17)15-1-2-15/h3-8,13,15H,1-2,9-12H2. The first kappa shape index (κ1) is 16.7. The molecule has 0 atom stereocenters. The van der Waals surface area contributed by atoms with Crippen LogP contribution in [0, 0.1) is 5.92 Å². The van der Waals surface area contributed by atoms with Gasteiger partial charge in [-0.1, -0.05) is 11.3 Å². The summed E-state index contributed by atoms with van der Waals surface area (Å²) in [6, 6.07) is 7.17. The molecule has 0 spiro atoms. The summed E-state index contributed by atoms with van der Waals surface area (Å²) in [6.07, 6.45) is 6.00. The van der Waals surface area contributed by atoms with Crippen LogP contribution in [0.2, 0.25) is 0 Å². The highest BCUT2D eigenvalue weighted by atomic mass is 32.1. The normalized spacial score (nSPS) is 17.8. The number of aromatic nitrogens is 5. The summed E-state index contributed by atoms with van der Waals surface area (Å²) in [5.41, 5.74) is 1.72. The fraction of sp³-hybridized carbons (Fsp3) is 0.421. The first-order valence-corrected chi connectivity index (χ1v) is 10.1. The van der Waals surface area contributed by atoms with Crippen molar-refractivity contribution in [3.63, 3.8) is 0 Å². The highest BCUT2D eigenvalue weighted by Gasteiger charge is 2.30. The molecule has 3 aromatic rings. The first-order valence-electron chi connectivity index (χ1n) is 9.28. The van der Waals surface area contributed by atoms with Crippen LogP contribution >= 0.6 is 11.3 Å². The van der Waals surface area contributed by atoms with E-state index in [1.807, 2.05) is 12.1 Å². The van der Waals surface area contributed by atoms with Crippen molar-refractivity contribution >= 4 is 11.3 Å². The van der Waals surface area contributed by atoms with E-state index in [4.69, 9.17) is 0 Å². The van der Waals surface area contributed by atoms with Gasteiger partial charge in [0.05, 0.1) is 18.8 Å². The van der Waals surface area contributed by atoms with E-state index in [-0.39, 0.29) is 5.56 Å². The van der Waals surface area contributed by atoms with Crippen molar-refractivity contribution in [1.82, 2.24) is 29.9 Å².